The number of piperidine rings is 1. The lowest BCUT2D eigenvalue weighted by molar-refractivity contribution is -0.145. The monoisotopic (exact) mass is 339 g/mol. The van der Waals surface area contributed by atoms with Crippen LogP contribution in [0.3, 0.4) is 0 Å². The highest BCUT2D eigenvalue weighted by Gasteiger charge is 2.42. The zero-order valence-electron chi connectivity index (χ0n) is 13.7. The van der Waals surface area contributed by atoms with Crippen LogP contribution in [-0.2, 0) is 30.5 Å². The maximum Gasteiger partial charge on any atom is 0.343 e. The van der Waals surface area contributed by atoms with Gasteiger partial charge in [-0.25, -0.2) is 4.79 Å². The van der Waals surface area contributed by atoms with Crippen molar-refractivity contribution in [2.24, 2.45) is 0 Å². The minimum Gasteiger partial charge on any atom is -0.457 e. The Morgan fingerprint density at radius 2 is 2.00 bits per heavy atom. The van der Waals surface area contributed by atoms with Gasteiger partial charge in [-0.1, -0.05) is 35.8 Å². The number of hydrogen-bond acceptors (Lipinski definition) is 5. The van der Waals surface area contributed by atoms with Gasteiger partial charge in [-0.05, 0) is 18.9 Å². The predicted octanol–water partition coefficient (Wildman–Crippen LogP) is 0.270. The molecule has 7 nitrogen and oxygen atoms in total. The molecule has 1 N–H and O–H groups in total. The van der Waals surface area contributed by atoms with E-state index in [9.17, 15) is 19.2 Å². The van der Waals surface area contributed by atoms with Gasteiger partial charge in [0.1, 0.15) is 12.2 Å². The zero-order chi connectivity index (χ0) is 18.0. The Balaban J connectivity index is 1.67. The van der Waals surface area contributed by atoms with Gasteiger partial charge in [0.15, 0.2) is 0 Å². The molecule has 3 rings (SSSR count). The molecule has 3 amide bonds. The van der Waals surface area contributed by atoms with E-state index in [1.54, 1.807) is 6.92 Å². The first kappa shape index (κ1) is 16.9. The third-order valence-electron chi connectivity index (χ3n) is 4.14. The number of amides is 3. The van der Waals surface area contributed by atoms with E-state index in [0.29, 0.717) is 5.47 Å². The number of nitrogens with zero attached hydrogens (tertiary/aromatic N) is 1. The summed E-state index contributed by atoms with van der Waals surface area (Å²) in [5, 5.41) is 2.21. The molecule has 1 unspecified atom stereocenters. The molecule has 8 heteroatoms. The molecule has 127 valence electrons. The summed E-state index contributed by atoms with van der Waals surface area (Å²) in [6.45, 7) is 1.67. The maximum absolute atomic E-state index is 12.6. The van der Waals surface area contributed by atoms with E-state index in [4.69, 9.17) is 4.74 Å². The Bertz CT molecular complexity index is 775. The first-order valence-electron chi connectivity index (χ1n) is 7.90. The van der Waals surface area contributed by atoms with Gasteiger partial charge in [-0.15, -0.1) is 0 Å². The third kappa shape index (κ3) is 3.47. The number of allylic oxidation sites excluding steroid dienone is 1. The molecule has 0 saturated carbocycles. The summed E-state index contributed by atoms with van der Waals surface area (Å²) in [4.78, 5) is 49.3. The lowest BCUT2D eigenvalue weighted by Crippen LogP contribution is -2.54. The summed E-state index contributed by atoms with van der Waals surface area (Å²) < 4.78 is 5.21. The molecule has 25 heavy (non-hydrogen) atoms. The van der Waals surface area contributed by atoms with Crippen LogP contribution in [0, 0.1) is 0 Å². The molecule has 1 atom stereocenters. The Hall–Kier alpha value is -2.90. The standard InChI is InChI=1S/C17H16BN2O5/c1-10-14(17(24)25-9-11-5-3-2-4-6-11)16(23)20(18-10)12-7-8-13(21)19-15(12)22/h2-6,12H,7-9H2,1H3,(H,19,21,22). The molecule has 2 heterocycles. The third-order valence-corrected chi connectivity index (χ3v) is 4.14. The van der Waals surface area contributed by atoms with Crippen LogP contribution in [0.5, 0.6) is 0 Å². The molecule has 0 bridgehead atoms. The van der Waals surface area contributed by atoms with E-state index in [0.717, 1.165) is 5.56 Å². The number of carbonyl (C=O) groups is 4. The molecule has 0 spiro atoms. The number of esters is 1. The van der Waals surface area contributed by atoms with Crippen LogP contribution in [0.1, 0.15) is 25.3 Å². The Morgan fingerprint density at radius 1 is 1.28 bits per heavy atom. The highest BCUT2D eigenvalue weighted by atomic mass is 16.5. The SMILES string of the molecule is CC1=C(C(=O)OCc2ccccc2)C(=O)N(C2CCC(=O)NC2=O)[B]1. The number of carbonyl (C=O) groups excluding carboxylic acids is 4. The van der Waals surface area contributed by atoms with Crippen LogP contribution in [0.2, 0.25) is 0 Å². The van der Waals surface area contributed by atoms with Gasteiger partial charge in [0.2, 0.25) is 17.7 Å². The van der Waals surface area contributed by atoms with E-state index in [1.165, 1.54) is 12.2 Å². The number of imide groups is 1. The Morgan fingerprint density at radius 3 is 2.68 bits per heavy atom. The second-order valence-corrected chi connectivity index (χ2v) is 5.93. The summed E-state index contributed by atoms with van der Waals surface area (Å²) >= 11 is 0. The Kier molecular flexibility index (Phi) is 4.69. The summed E-state index contributed by atoms with van der Waals surface area (Å²) in [5.41, 5.74) is 1.17. The fourth-order valence-corrected chi connectivity index (χ4v) is 2.85. The number of benzene rings is 1. The quantitative estimate of drug-likeness (QED) is 0.368. The normalized spacial score (nSPS) is 20.4. The number of hydrogen-bond donors (Lipinski definition) is 1. The van der Waals surface area contributed by atoms with E-state index in [2.05, 4.69) is 5.32 Å². The lowest BCUT2D eigenvalue weighted by Gasteiger charge is -2.30. The molecule has 2 aliphatic rings. The molecule has 1 aromatic carbocycles. The van der Waals surface area contributed by atoms with Crippen molar-refractivity contribution in [3.05, 3.63) is 46.9 Å². The van der Waals surface area contributed by atoms with Gasteiger partial charge in [0, 0.05) is 6.42 Å². The van der Waals surface area contributed by atoms with Crippen LogP contribution < -0.4 is 5.32 Å². The van der Waals surface area contributed by atoms with Crippen molar-refractivity contribution in [1.29, 1.82) is 0 Å². The van der Waals surface area contributed by atoms with Gasteiger partial charge in [-0.3, -0.25) is 19.7 Å². The lowest BCUT2D eigenvalue weighted by atomic mass is 9.81. The van der Waals surface area contributed by atoms with Crippen LogP contribution >= 0.6 is 0 Å². The van der Waals surface area contributed by atoms with Gasteiger partial charge in [-0.2, -0.15) is 0 Å². The molecule has 0 aliphatic carbocycles. The number of rotatable bonds is 4. The first-order valence-corrected chi connectivity index (χ1v) is 7.90. The van der Waals surface area contributed by atoms with Crippen LogP contribution in [0.25, 0.3) is 0 Å². The minimum atomic E-state index is -0.792. The maximum atomic E-state index is 12.6. The van der Waals surface area contributed by atoms with Gasteiger partial charge < -0.3 is 9.55 Å². The predicted molar refractivity (Wildman–Crippen MR) is 87.7 cm³/mol. The molecule has 2 aliphatic heterocycles. The van der Waals surface area contributed by atoms with Gasteiger partial charge in [0.25, 0.3) is 7.41 Å². The molecule has 1 aromatic rings. The van der Waals surface area contributed by atoms with Crippen LogP contribution in [-0.4, -0.2) is 42.0 Å². The van der Waals surface area contributed by atoms with Crippen molar-refractivity contribution in [2.45, 2.75) is 32.4 Å². The molecule has 1 radical (unpaired) electrons. The second kappa shape index (κ2) is 6.92. The number of nitrogens with one attached hydrogen (secondary N) is 1. The van der Waals surface area contributed by atoms with Crippen molar-refractivity contribution >= 4 is 31.1 Å². The summed E-state index contributed by atoms with van der Waals surface area (Å²) in [6, 6.07) is 8.34. The largest absolute Gasteiger partial charge is 0.457 e. The minimum absolute atomic E-state index is 0.0577. The summed E-state index contributed by atoms with van der Waals surface area (Å²) in [6.07, 6.45) is 0.382. The number of ether oxygens (including phenoxy) is 1. The van der Waals surface area contributed by atoms with E-state index >= 15 is 0 Å². The fraction of sp³-hybridized carbons (Fsp3) is 0.294. The molecule has 0 aromatic heterocycles. The van der Waals surface area contributed by atoms with Crippen molar-refractivity contribution in [3.63, 3.8) is 0 Å². The molecule has 1 fully saturated rings. The van der Waals surface area contributed by atoms with Crippen LogP contribution in [0.15, 0.2) is 41.4 Å². The highest BCUT2D eigenvalue weighted by Crippen LogP contribution is 2.24. The van der Waals surface area contributed by atoms with Crippen molar-refractivity contribution in [3.8, 4) is 0 Å². The molecule has 1 saturated heterocycles. The van der Waals surface area contributed by atoms with Gasteiger partial charge in [0.05, 0.1) is 6.04 Å². The highest BCUT2D eigenvalue weighted by molar-refractivity contribution is 6.55. The van der Waals surface area contributed by atoms with Crippen LogP contribution in [0.4, 0.5) is 0 Å². The van der Waals surface area contributed by atoms with Crippen molar-refractivity contribution in [1.82, 2.24) is 10.1 Å². The first-order chi connectivity index (χ1) is 12.0. The Labute approximate surface area is 145 Å². The van der Waals surface area contributed by atoms with E-state index < -0.39 is 23.8 Å². The average Bonchev–Trinajstić information content (AvgIpc) is 2.88. The fourth-order valence-electron chi connectivity index (χ4n) is 2.85. The summed E-state index contributed by atoms with van der Waals surface area (Å²) in [5.74, 6) is -2.20. The average molecular weight is 339 g/mol. The summed E-state index contributed by atoms with van der Waals surface area (Å²) in [7, 11) is 1.46. The van der Waals surface area contributed by atoms with E-state index in [1.807, 2.05) is 30.3 Å². The topological polar surface area (TPSA) is 92.8 Å². The van der Waals surface area contributed by atoms with E-state index in [-0.39, 0.29) is 30.9 Å². The molecular formula is C17H16BN2O5. The second-order valence-electron chi connectivity index (χ2n) is 5.93. The zero-order valence-corrected chi connectivity index (χ0v) is 13.7. The molecular weight excluding hydrogens is 323 g/mol. The van der Waals surface area contributed by atoms with Crippen molar-refractivity contribution < 1.29 is 23.9 Å². The van der Waals surface area contributed by atoms with Crippen molar-refractivity contribution in [2.75, 3.05) is 0 Å². The smallest absolute Gasteiger partial charge is 0.343 e. The van der Waals surface area contributed by atoms with Gasteiger partial charge >= 0.3 is 5.97 Å².